The molecule has 84 valence electrons. The minimum Gasteiger partial charge on any atom is -0.376 e. The van der Waals surface area contributed by atoms with Crippen molar-refractivity contribution in [1.82, 2.24) is 0 Å². The van der Waals surface area contributed by atoms with E-state index in [4.69, 9.17) is 10.5 Å². The van der Waals surface area contributed by atoms with Gasteiger partial charge in [0.25, 0.3) is 0 Å². The lowest BCUT2D eigenvalue weighted by Crippen LogP contribution is -2.29. The highest BCUT2D eigenvalue weighted by atomic mass is 79.9. The van der Waals surface area contributed by atoms with Gasteiger partial charge in [-0.1, -0.05) is 6.92 Å². The van der Waals surface area contributed by atoms with Gasteiger partial charge in [-0.25, -0.2) is 0 Å². The first-order valence-electron chi connectivity index (χ1n) is 4.91. The number of nitrogens with two attached hydrogens (primary N) is 1. The third-order valence-electron chi connectivity index (χ3n) is 2.79. The van der Waals surface area contributed by atoms with Crippen molar-refractivity contribution in [2.45, 2.75) is 25.5 Å². The third kappa shape index (κ3) is 2.47. The number of hydrogen-bond acceptors (Lipinski definition) is 3. The molecule has 5 heteroatoms. The predicted molar refractivity (Wildman–Crippen MR) is 70.2 cm³/mol. The molecule has 2 heterocycles. The van der Waals surface area contributed by atoms with Crippen LogP contribution >= 0.6 is 43.2 Å². The highest BCUT2D eigenvalue weighted by Gasteiger charge is 2.31. The largest absolute Gasteiger partial charge is 0.376 e. The first-order valence-corrected chi connectivity index (χ1v) is 7.31. The Morgan fingerprint density at radius 2 is 2.33 bits per heavy atom. The fourth-order valence-electron chi connectivity index (χ4n) is 1.87. The van der Waals surface area contributed by atoms with Gasteiger partial charge in [0.2, 0.25) is 0 Å². The lowest BCUT2D eigenvalue weighted by Gasteiger charge is -2.21. The van der Waals surface area contributed by atoms with Crippen molar-refractivity contribution < 1.29 is 4.74 Å². The van der Waals surface area contributed by atoms with Crippen LogP contribution in [0.2, 0.25) is 0 Å². The Labute approximate surface area is 110 Å². The van der Waals surface area contributed by atoms with Crippen LogP contribution in [0, 0.1) is 5.92 Å². The van der Waals surface area contributed by atoms with Gasteiger partial charge in [-0.15, -0.1) is 11.3 Å². The van der Waals surface area contributed by atoms with Crippen molar-refractivity contribution in [3.63, 3.8) is 0 Å². The van der Waals surface area contributed by atoms with E-state index in [1.807, 2.05) is 0 Å². The molecular formula is C10H13Br2NOS. The number of hydrogen-bond donors (Lipinski definition) is 1. The second kappa shape index (κ2) is 4.84. The Bertz CT molecular complexity index is 336. The fraction of sp³-hybridized carbons (Fsp3) is 0.600. The van der Waals surface area contributed by atoms with Gasteiger partial charge >= 0.3 is 0 Å². The maximum atomic E-state index is 6.22. The zero-order valence-corrected chi connectivity index (χ0v) is 12.4. The van der Waals surface area contributed by atoms with Crippen LogP contribution in [0.5, 0.6) is 0 Å². The first-order chi connectivity index (χ1) is 7.09. The van der Waals surface area contributed by atoms with Crippen molar-refractivity contribution in [2.75, 3.05) is 6.61 Å². The SMILES string of the molecule is CC1CCOC1C(N)c1cc(Br)c(Br)s1. The fourth-order valence-corrected chi connectivity index (χ4v) is 3.99. The van der Waals surface area contributed by atoms with E-state index in [9.17, 15) is 0 Å². The summed E-state index contributed by atoms with van der Waals surface area (Å²) < 4.78 is 7.85. The van der Waals surface area contributed by atoms with Gasteiger partial charge in [-0.05, 0) is 50.3 Å². The summed E-state index contributed by atoms with van der Waals surface area (Å²) in [6.07, 6.45) is 1.29. The van der Waals surface area contributed by atoms with E-state index >= 15 is 0 Å². The van der Waals surface area contributed by atoms with Gasteiger partial charge in [0.15, 0.2) is 0 Å². The minimum absolute atomic E-state index is 0.00454. The molecule has 15 heavy (non-hydrogen) atoms. The molecular weight excluding hydrogens is 342 g/mol. The molecule has 2 N–H and O–H groups in total. The van der Waals surface area contributed by atoms with Gasteiger partial charge < -0.3 is 10.5 Å². The Balaban J connectivity index is 2.16. The summed E-state index contributed by atoms with van der Waals surface area (Å²) in [5, 5.41) is 0. The van der Waals surface area contributed by atoms with E-state index < -0.39 is 0 Å². The molecule has 1 aliphatic rings. The summed E-state index contributed by atoms with van der Waals surface area (Å²) in [5.41, 5.74) is 6.22. The summed E-state index contributed by atoms with van der Waals surface area (Å²) in [6.45, 7) is 3.04. The van der Waals surface area contributed by atoms with Crippen molar-refractivity contribution in [3.05, 3.63) is 19.2 Å². The molecule has 0 spiro atoms. The average molecular weight is 355 g/mol. The Kier molecular flexibility index (Phi) is 3.88. The molecule has 3 atom stereocenters. The number of rotatable bonds is 2. The molecule has 0 aliphatic carbocycles. The van der Waals surface area contributed by atoms with Gasteiger partial charge in [0, 0.05) is 16.0 Å². The molecule has 0 amide bonds. The summed E-state index contributed by atoms with van der Waals surface area (Å²) in [5.74, 6) is 0.555. The molecule has 3 unspecified atom stereocenters. The normalized spacial score (nSPS) is 28.3. The van der Waals surface area contributed by atoms with Crippen molar-refractivity contribution in [3.8, 4) is 0 Å². The van der Waals surface area contributed by atoms with E-state index in [-0.39, 0.29) is 12.1 Å². The molecule has 2 nitrogen and oxygen atoms in total. The third-order valence-corrected chi connectivity index (χ3v) is 6.15. The lowest BCUT2D eigenvalue weighted by atomic mass is 9.97. The van der Waals surface area contributed by atoms with Gasteiger partial charge in [0.1, 0.15) is 0 Å². The summed E-state index contributed by atoms with van der Waals surface area (Å²) >= 11 is 8.63. The minimum atomic E-state index is -0.00454. The van der Waals surface area contributed by atoms with Crippen LogP contribution in [0.15, 0.2) is 14.3 Å². The van der Waals surface area contributed by atoms with E-state index in [0.29, 0.717) is 5.92 Å². The van der Waals surface area contributed by atoms with Crippen LogP contribution in [0.3, 0.4) is 0 Å². The molecule has 1 aromatic heterocycles. The molecule has 2 rings (SSSR count). The molecule has 0 radical (unpaired) electrons. The van der Waals surface area contributed by atoms with Crippen LogP contribution in [0.1, 0.15) is 24.3 Å². The smallest absolute Gasteiger partial charge is 0.0843 e. The molecule has 1 aliphatic heterocycles. The maximum Gasteiger partial charge on any atom is 0.0843 e. The lowest BCUT2D eigenvalue weighted by molar-refractivity contribution is 0.0734. The Morgan fingerprint density at radius 1 is 1.60 bits per heavy atom. The number of ether oxygens (including phenoxy) is 1. The summed E-state index contributed by atoms with van der Waals surface area (Å²) in [6, 6.07) is 2.07. The monoisotopic (exact) mass is 353 g/mol. The van der Waals surface area contributed by atoms with Crippen LogP contribution < -0.4 is 5.73 Å². The highest BCUT2D eigenvalue weighted by Crippen LogP contribution is 2.38. The molecule has 1 aromatic rings. The second-order valence-corrected chi connectivity index (χ2v) is 7.15. The predicted octanol–water partition coefficient (Wildman–Crippen LogP) is 3.70. The highest BCUT2D eigenvalue weighted by molar-refractivity contribution is 9.13. The molecule has 0 aromatic carbocycles. The van der Waals surface area contributed by atoms with E-state index in [2.05, 4.69) is 44.8 Å². The zero-order chi connectivity index (χ0) is 11.0. The van der Waals surface area contributed by atoms with E-state index in [0.717, 1.165) is 21.3 Å². The number of thiophene rings is 1. The number of halogens is 2. The van der Waals surface area contributed by atoms with Gasteiger partial charge in [-0.3, -0.25) is 0 Å². The topological polar surface area (TPSA) is 35.2 Å². The van der Waals surface area contributed by atoms with E-state index in [1.54, 1.807) is 11.3 Å². The molecule has 0 saturated carbocycles. The van der Waals surface area contributed by atoms with Gasteiger partial charge in [-0.2, -0.15) is 0 Å². The first kappa shape index (κ1) is 12.0. The van der Waals surface area contributed by atoms with Crippen LogP contribution in [0.25, 0.3) is 0 Å². The Morgan fingerprint density at radius 3 is 2.80 bits per heavy atom. The Hall–Kier alpha value is 0.580. The quantitative estimate of drug-likeness (QED) is 0.878. The van der Waals surface area contributed by atoms with Crippen LogP contribution in [-0.2, 0) is 4.74 Å². The van der Waals surface area contributed by atoms with Gasteiger partial charge in [0.05, 0.1) is 15.9 Å². The summed E-state index contributed by atoms with van der Waals surface area (Å²) in [7, 11) is 0. The molecule has 0 bridgehead atoms. The van der Waals surface area contributed by atoms with Crippen LogP contribution in [-0.4, -0.2) is 12.7 Å². The van der Waals surface area contributed by atoms with Crippen LogP contribution in [0.4, 0.5) is 0 Å². The van der Waals surface area contributed by atoms with E-state index in [1.165, 1.54) is 4.88 Å². The maximum absolute atomic E-state index is 6.22. The molecule has 1 saturated heterocycles. The summed E-state index contributed by atoms with van der Waals surface area (Å²) in [4.78, 5) is 1.17. The zero-order valence-electron chi connectivity index (χ0n) is 8.37. The average Bonchev–Trinajstić information content (AvgIpc) is 2.74. The van der Waals surface area contributed by atoms with Crippen molar-refractivity contribution >= 4 is 43.2 Å². The van der Waals surface area contributed by atoms with Crippen molar-refractivity contribution in [1.29, 1.82) is 0 Å². The second-order valence-electron chi connectivity index (χ2n) is 3.90. The standard InChI is InChI=1S/C10H13Br2NOS/c1-5-2-3-14-9(5)8(13)7-4-6(11)10(12)15-7/h4-5,8-9H,2-3,13H2,1H3. The van der Waals surface area contributed by atoms with Crippen molar-refractivity contribution in [2.24, 2.45) is 11.7 Å². The molecule has 1 fully saturated rings.